The zero-order valence-electron chi connectivity index (χ0n) is 11.9. The first-order valence-corrected chi connectivity index (χ1v) is 7.36. The molecule has 1 atom stereocenters. The minimum Gasteiger partial charge on any atom is -0.337 e. The largest absolute Gasteiger partial charge is 0.434 e. The molecule has 0 fully saturated rings. The van der Waals surface area contributed by atoms with Gasteiger partial charge in [-0.3, -0.25) is 0 Å². The van der Waals surface area contributed by atoms with E-state index >= 15 is 0 Å². The van der Waals surface area contributed by atoms with Crippen LogP contribution in [0, 0.1) is 5.41 Å². The van der Waals surface area contributed by atoms with Crippen LogP contribution in [0.15, 0.2) is 6.20 Å². The highest BCUT2D eigenvalue weighted by Gasteiger charge is 2.52. The molecule has 9 heteroatoms. The fourth-order valence-electron chi connectivity index (χ4n) is 2.28. The van der Waals surface area contributed by atoms with Gasteiger partial charge in [0.1, 0.15) is 11.7 Å². The highest BCUT2D eigenvalue weighted by atomic mass is 32.2. The molecule has 0 N–H and O–H groups in total. The predicted octanol–water partition coefficient (Wildman–Crippen LogP) is 4.47. The van der Waals surface area contributed by atoms with Crippen molar-refractivity contribution in [1.82, 2.24) is 9.55 Å². The maximum Gasteiger partial charge on any atom is 0.434 e. The van der Waals surface area contributed by atoms with Crippen molar-refractivity contribution < 1.29 is 26.3 Å². The number of alkyl halides is 6. The average Bonchev–Trinajstić information content (AvgIpc) is 2.57. The fourth-order valence-corrected chi connectivity index (χ4v) is 3.19. The number of hydrogen-bond donors (Lipinski definition) is 0. The Morgan fingerprint density at radius 1 is 1.19 bits per heavy atom. The van der Waals surface area contributed by atoms with Gasteiger partial charge in [-0.05, 0) is 17.4 Å². The molecule has 1 unspecified atom stereocenters. The van der Waals surface area contributed by atoms with Crippen LogP contribution in [0.4, 0.5) is 26.3 Å². The Balaban J connectivity index is 3.39. The summed E-state index contributed by atoms with van der Waals surface area (Å²) in [5.41, 5.74) is -2.59. The lowest BCUT2D eigenvalue weighted by Gasteiger charge is -2.34. The molecule has 0 aliphatic heterocycles. The van der Waals surface area contributed by atoms with E-state index in [2.05, 4.69) is 4.98 Å². The van der Waals surface area contributed by atoms with Crippen molar-refractivity contribution in [3.8, 4) is 0 Å². The maximum atomic E-state index is 13.4. The molecule has 1 heterocycles. The van der Waals surface area contributed by atoms with Gasteiger partial charge in [0.2, 0.25) is 0 Å². The molecule has 0 saturated heterocycles. The molecule has 0 aliphatic carbocycles. The Morgan fingerprint density at radius 3 is 2.05 bits per heavy atom. The van der Waals surface area contributed by atoms with Gasteiger partial charge in [0.05, 0.1) is 0 Å². The molecule has 1 aromatic heterocycles. The number of nitrogens with zero attached hydrogens (tertiary/aromatic N) is 2. The SMILES string of the molecule is CSCC(C)(C)C(c1nc(C(F)(F)F)cn1C)C(F)(F)F. The second-order valence-corrected chi connectivity index (χ2v) is 6.36. The number of aryl methyl sites for hydroxylation is 1. The minimum absolute atomic E-state index is 0.144. The topological polar surface area (TPSA) is 17.8 Å². The van der Waals surface area contributed by atoms with Crippen LogP contribution >= 0.6 is 11.8 Å². The Bertz CT molecular complexity index is 489. The monoisotopic (exact) mass is 334 g/mol. The molecule has 2 nitrogen and oxygen atoms in total. The van der Waals surface area contributed by atoms with Gasteiger partial charge in [-0.2, -0.15) is 38.1 Å². The average molecular weight is 334 g/mol. The smallest absolute Gasteiger partial charge is 0.337 e. The van der Waals surface area contributed by atoms with Crippen LogP contribution in [-0.2, 0) is 13.2 Å². The predicted molar refractivity (Wildman–Crippen MR) is 69.2 cm³/mol. The van der Waals surface area contributed by atoms with Crippen LogP contribution in [0.1, 0.15) is 31.3 Å². The van der Waals surface area contributed by atoms with Crippen LogP contribution in [0.25, 0.3) is 0 Å². The lowest BCUT2D eigenvalue weighted by Crippen LogP contribution is -2.37. The molecule has 1 rings (SSSR count). The lowest BCUT2D eigenvalue weighted by molar-refractivity contribution is -0.174. The molecular formula is C12H16F6N2S. The standard InChI is InChI=1S/C12H16F6N2S/c1-10(2,6-21-4)8(12(16,17)18)9-19-7(5-20(9)3)11(13,14)15/h5,8H,6H2,1-4H3. The zero-order chi connectivity index (χ0) is 16.6. The third kappa shape index (κ3) is 4.08. The molecule has 21 heavy (non-hydrogen) atoms. The van der Waals surface area contributed by atoms with Crippen molar-refractivity contribution in [2.24, 2.45) is 12.5 Å². The molecule has 0 saturated carbocycles. The quantitative estimate of drug-likeness (QED) is 0.756. The van der Waals surface area contributed by atoms with E-state index in [-0.39, 0.29) is 5.75 Å². The first-order chi connectivity index (χ1) is 9.30. The second-order valence-electron chi connectivity index (χ2n) is 5.49. The Kier molecular flexibility index (Phi) is 4.97. The van der Waals surface area contributed by atoms with Gasteiger partial charge >= 0.3 is 12.4 Å². The van der Waals surface area contributed by atoms with Crippen molar-refractivity contribution in [2.75, 3.05) is 12.0 Å². The summed E-state index contributed by atoms with van der Waals surface area (Å²) in [6.45, 7) is 2.76. The van der Waals surface area contributed by atoms with Crippen molar-refractivity contribution >= 4 is 11.8 Å². The molecule has 122 valence electrons. The first-order valence-electron chi connectivity index (χ1n) is 5.97. The number of aromatic nitrogens is 2. The zero-order valence-corrected chi connectivity index (χ0v) is 12.7. The third-order valence-corrected chi connectivity index (χ3v) is 4.12. The molecule has 0 aliphatic rings. The van der Waals surface area contributed by atoms with Crippen molar-refractivity contribution in [2.45, 2.75) is 32.1 Å². The van der Waals surface area contributed by atoms with Crippen LogP contribution in [0.2, 0.25) is 0 Å². The van der Waals surface area contributed by atoms with E-state index in [1.807, 2.05) is 0 Å². The van der Waals surface area contributed by atoms with E-state index in [4.69, 9.17) is 0 Å². The Hall–Kier alpha value is -0.860. The van der Waals surface area contributed by atoms with Gasteiger partial charge in [-0.25, -0.2) is 4.98 Å². The van der Waals surface area contributed by atoms with E-state index in [1.54, 1.807) is 6.26 Å². The summed E-state index contributed by atoms with van der Waals surface area (Å²) in [5.74, 6) is -2.54. The number of imidazole rings is 1. The van der Waals surface area contributed by atoms with Crippen LogP contribution < -0.4 is 0 Å². The van der Waals surface area contributed by atoms with E-state index < -0.39 is 35.2 Å². The fraction of sp³-hybridized carbons (Fsp3) is 0.750. The minimum atomic E-state index is -4.77. The molecular weight excluding hydrogens is 318 g/mol. The second kappa shape index (κ2) is 5.73. The molecule has 0 bridgehead atoms. The van der Waals surface area contributed by atoms with E-state index in [9.17, 15) is 26.3 Å². The summed E-state index contributed by atoms with van der Waals surface area (Å²) >= 11 is 1.21. The van der Waals surface area contributed by atoms with Gasteiger partial charge in [0.25, 0.3) is 0 Å². The molecule has 0 spiro atoms. The molecule has 0 aromatic carbocycles. The number of rotatable bonds is 4. The van der Waals surface area contributed by atoms with Crippen LogP contribution in [-0.4, -0.2) is 27.7 Å². The summed E-state index contributed by atoms with van der Waals surface area (Å²) in [7, 11) is 1.14. The summed E-state index contributed by atoms with van der Waals surface area (Å²) in [6, 6.07) is 0. The highest BCUT2D eigenvalue weighted by molar-refractivity contribution is 7.98. The number of hydrogen-bond acceptors (Lipinski definition) is 2. The van der Waals surface area contributed by atoms with E-state index in [0.29, 0.717) is 6.20 Å². The number of halogens is 6. The van der Waals surface area contributed by atoms with Gasteiger partial charge in [-0.15, -0.1) is 0 Å². The lowest BCUT2D eigenvalue weighted by atomic mass is 9.79. The third-order valence-electron chi connectivity index (χ3n) is 3.09. The van der Waals surface area contributed by atoms with Crippen molar-refractivity contribution in [1.29, 1.82) is 0 Å². The van der Waals surface area contributed by atoms with Crippen LogP contribution in [0.3, 0.4) is 0 Å². The molecule has 0 amide bonds. The Labute approximate surface area is 122 Å². The summed E-state index contributed by atoms with van der Waals surface area (Å²) in [4.78, 5) is 3.21. The van der Waals surface area contributed by atoms with Gasteiger partial charge in [-0.1, -0.05) is 13.8 Å². The first kappa shape index (κ1) is 18.2. The van der Waals surface area contributed by atoms with Gasteiger partial charge < -0.3 is 4.57 Å². The highest BCUT2D eigenvalue weighted by Crippen LogP contribution is 2.48. The molecule has 1 aromatic rings. The van der Waals surface area contributed by atoms with E-state index in [0.717, 1.165) is 11.6 Å². The summed E-state index contributed by atoms with van der Waals surface area (Å²) in [5, 5.41) is 0. The molecule has 0 radical (unpaired) electrons. The summed E-state index contributed by atoms with van der Waals surface area (Å²) in [6.07, 6.45) is -7.21. The van der Waals surface area contributed by atoms with Crippen LogP contribution in [0.5, 0.6) is 0 Å². The number of thioether (sulfide) groups is 1. The summed E-state index contributed by atoms with van der Waals surface area (Å²) < 4.78 is 78.8. The van der Waals surface area contributed by atoms with Gasteiger partial charge in [0.15, 0.2) is 5.69 Å². The van der Waals surface area contributed by atoms with Crippen molar-refractivity contribution in [3.05, 3.63) is 17.7 Å². The van der Waals surface area contributed by atoms with E-state index in [1.165, 1.54) is 25.6 Å². The normalized spacial score (nSPS) is 15.3. The van der Waals surface area contributed by atoms with Crippen molar-refractivity contribution in [3.63, 3.8) is 0 Å². The maximum absolute atomic E-state index is 13.4. The van der Waals surface area contributed by atoms with Gasteiger partial charge in [0, 0.05) is 13.2 Å². The Morgan fingerprint density at radius 2 is 1.71 bits per heavy atom.